The number of anilines is 2. The molecule has 2 aromatic carbocycles. The highest BCUT2D eigenvalue weighted by molar-refractivity contribution is 6.02. The molecule has 1 aliphatic heterocycles. The summed E-state index contributed by atoms with van der Waals surface area (Å²) in [7, 11) is 0. The molecular weight excluding hydrogens is 321 g/mol. The Balaban J connectivity index is 1.63. The van der Waals surface area contributed by atoms with Gasteiger partial charge in [0.1, 0.15) is 11.9 Å². The molecule has 1 atom stereocenters. The maximum atomic E-state index is 13.4. The zero-order valence-electron chi connectivity index (χ0n) is 14.2. The zero-order valence-corrected chi connectivity index (χ0v) is 14.2. The predicted octanol–water partition coefficient (Wildman–Crippen LogP) is 3.37. The molecule has 0 spiro atoms. The highest BCUT2D eigenvalue weighted by Crippen LogP contribution is 2.24. The summed E-state index contributed by atoms with van der Waals surface area (Å²) in [6.07, 6.45) is 0.510. The van der Waals surface area contributed by atoms with Crippen molar-refractivity contribution in [1.82, 2.24) is 5.32 Å². The molecule has 1 aliphatic rings. The van der Waals surface area contributed by atoms with Crippen LogP contribution in [0.4, 0.5) is 20.6 Å². The molecule has 0 radical (unpaired) electrons. The summed E-state index contributed by atoms with van der Waals surface area (Å²) < 4.78 is 13.4. The fraction of sp³-hybridized carbons (Fsp3) is 0.263. The van der Waals surface area contributed by atoms with Gasteiger partial charge in [-0.3, -0.25) is 4.79 Å². The van der Waals surface area contributed by atoms with Gasteiger partial charge in [-0.1, -0.05) is 12.1 Å². The van der Waals surface area contributed by atoms with Gasteiger partial charge in [-0.2, -0.15) is 0 Å². The van der Waals surface area contributed by atoms with E-state index in [4.69, 9.17) is 0 Å². The number of rotatable bonds is 3. The Labute approximate surface area is 145 Å². The van der Waals surface area contributed by atoms with Crippen molar-refractivity contribution in [3.05, 3.63) is 59.4 Å². The number of hydrogen-bond donors (Lipinski definition) is 2. The minimum atomic E-state index is -0.588. The molecule has 1 saturated heterocycles. The third kappa shape index (κ3) is 3.79. The number of benzene rings is 2. The van der Waals surface area contributed by atoms with Gasteiger partial charge in [-0.15, -0.1) is 0 Å². The van der Waals surface area contributed by atoms with E-state index in [0.717, 1.165) is 5.56 Å². The molecular formula is C19H20FN3O2. The Bertz CT molecular complexity index is 822. The molecule has 2 aromatic rings. The van der Waals surface area contributed by atoms with Crippen LogP contribution in [0.25, 0.3) is 0 Å². The molecule has 130 valence electrons. The van der Waals surface area contributed by atoms with Crippen molar-refractivity contribution in [1.29, 1.82) is 0 Å². The quantitative estimate of drug-likeness (QED) is 0.899. The molecule has 1 unspecified atom stereocenters. The Kier molecular flexibility index (Phi) is 4.70. The second-order valence-corrected chi connectivity index (χ2v) is 6.23. The topological polar surface area (TPSA) is 61.4 Å². The van der Waals surface area contributed by atoms with E-state index < -0.39 is 12.1 Å². The molecule has 3 amide bonds. The Hall–Kier alpha value is -2.89. The third-order valence-corrected chi connectivity index (χ3v) is 4.24. The minimum Gasteiger partial charge on any atom is -0.326 e. The van der Waals surface area contributed by atoms with Gasteiger partial charge in [-0.05, 0) is 61.7 Å². The average Bonchev–Trinajstić information content (AvgIpc) is 2.91. The monoisotopic (exact) mass is 341 g/mol. The largest absolute Gasteiger partial charge is 0.326 e. The lowest BCUT2D eigenvalue weighted by Crippen LogP contribution is -2.43. The smallest absolute Gasteiger partial charge is 0.319 e. The third-order valence-electron chi connectivity index (χ3n) is 4.24. The number of carbonyl (C=O) groups is 2. The van der Waals surface area contributed by atoms with Gasteiger partial charge in [0.05, 0.1) is 0 Å². The van der Waals surface area contributed by atoms with Crippen molar-refractivity contribution in [2.45, 2.75) is 26.3 Å². The molecule has 6 heteroatoms. The maximum Gasteiger partial charge on any atom is 0.319 e. The molecule has 3 rings (SSSR count). The van der Waals surface area contributed by atoms with Crippen molar-refractivity contribution < 1.29 is 14.0 Å². The number of halogens is 1. The van der Waals surface area contributed by atoms with Crippen molar-refractivity contribution in [2.24, 2.45) is 0 Å². The van der Waals surface area contributed by atoms with Crippen LogP contribution < -0.4 is 15.5 Å². The second-order valence-electron chi connectivity index (χ2n) is 6.23. The Morgan fingerprint density at radius 3 is 2.72 bits per heavy atom. The number of nitrogens with one attached hydrogen (secondary N) is 2. The first-order valence-corrected chi connectivity index (χ1v) is 8.16. The summed E-state index contributed by atoms with van der Waals surface area (Å²) in [6, 6.07) is 11.0. The number of urea groups is 1. The normalized spacial score (nSPS) is 16.8. The van der Waals surface area contributed by atoms with Gasteiger partial charge in [0, 0.05) is 17.9 Å². The van der Waals surface area contributed by atoms with Crippen LogP contribution in [0.3, 0.4) is 0 Å². The van der Waals surface area contributed by atoms with Crippen molar-refractivity contribution in [2.75, 3.05) is 16.8 Å². The van der Waals surface area contributed by atoms with Crippen LogP contribution in [0.1, 0.15) is 17.5 Å². The van der Waals surface area contributed by atoms with Crippen LogP contribution in [0.15, 0.2) is 42.5 Å². The van der Waals surface area contributed by atoms with Crippen molar-refractivity contribution in [3.8, 4) is 0 Å². The number of amides is 3. The van der Waals surface area contributed by atoms with E-state index in [0.29, 0.717) is 29.9 Å². The number of nitrogens with zero attached hydrogens (tertiary/aromatic N) is 1. The van der Waals surface area contributed by atoms with Crippen molar-refractivity contribution in [3.63, 3.8) is 0 Å². The Morgan fingerprint density at radius 1 is 1.20 bits per heavy atom. The molecule has 1 heterocycles. The first-order chi connectivity index (χ1) is 11.9. The second kappa shape index (κ2) is 6.93. The average molecular weight is 341 g/mol. The lowest BCUT2D eigenvalue weighted by Gasteiger charge is -2.18. The maximum absolute atomic E-state index is 13.4. The van der Waals surface area contributed by atoms with Crippen LogP contribution in [-0.2, 0) is 4.79 Å². The standard InChI is InChI=1S/C19H20FN3O2/c1-12-4-3-5-14(10-12)21-19(25)22-17-8-9-23(18(17)24)15-6-7-16(20)13(2)11-15/h3-7,10-11,17H,8-9H2,1-2H3,(H2,21,22,25). The first kappa shape index (κ1) is 17.0. The van der Waals surface area contributed by atoms with Crippen LogP contribution >= 0.6 is 0 Å². The number of hydrogen-bond acceptors (Lipinski definition) is 2. The van der Waals surface area contributed by atoms with Crippen LogP contribution in [0, 0.1) is 19.7 Å². The van der Waals surface area contributed by atoms with Gasteiger partial charge in [0.15, 0.2) is 0 Å². The van der Waals surface area contributed by atoms with E-state index in [9.17, 15) is 14.0 Å². The molecule has 0 aliphatic carbocycles. The van der Waals surface area contributed by atoms with Crippen LogP contribution in [0.2, 0.25) is 0 Å². The van der Waals surface area contributed by atoms with Gasteiger partial charge in [0.2, 0.25) is 5.91 Å². The highest BCUT2D eigenvalue weighted by atomic mass is 19.1. The van der Waals surface area contributed by atoms with Gasteiger partial charge in [-0.25, -0.2) is 9.18 Å². The SMILES string of the molecule is Cc1cccc(NC(=O)NC2CCN(c3ccc(F)c(C)c3)C2=O)c1. The fourth-order valence-electron chi connectivity index (χ4n) is 2.92. The predicted molar refractivity (Wildman–Crippen MR) is 95.2 cm³/mol. The summed E-state index contributed by atoms with van der Waals surface area (Å²) in [5, 5.41) is 5.44. The van der Waals surface area contributed by atoms with E-state index in [1.807, 2.05) is 25.1 Å². The van der Waals surface area contributed by atoms with E-state index >= 15 is 0 Å². The molecule has 0 aromatic heterocycles. The summed E-state index contributed by atoms with van der Waals surface area (Å²) >= 11 is 0. The molecule has 2 N–H and O–H groups in total. The lowest BCUT2D eigenvalue weighted by molar-refractivity contribution is -0.118. The number of aryl methyl sites for hydroxylation is 2. The molecule has 1 fully saturated rings. The van der Waals surface area contributed by atoms with Crippen LogP contribution in [-0.4, -0.2) is 24.5 Å². The molecule has 0 saturated carbocycles. The van der Waals surface area contributed by atoms with E-state index in [-0.39, 0.29) is 11.7 Å². The summed E-state index contributed by atoms with van der Waals surface area (Å²) in [4.78, 5) is 26.2. The van der Waals surface area contributed by atoms with E-state index in [1.165, 1.54) is 6.07 Å². The van der Waals surface area contributed by atoms with Gasteiger partial charge in [0.25, 0.3) is 0 Å². The minimum absolute atomic E-state index is 0.189. The summed E-state index contributed by atoms with van der Waals surface area (Å²) in [6.45, 7) is 4.08. The van der Waals surface area contributed by atoms with E-state index in [1.54, 1.807) is 30.0 Å². The zero-order chi connectivity index (χ0) is 18.0. The Morgan fingerprint density at radius 2 is 2.00 bits per heavy atom. The lowest BCUT2D eigenvalue weighted by atomic mass is 10.2. The summed E-state index contributed by atoms with van der Waals surface area (Å²) in [5.41, 5.74) is 2.84. The van der Waals surface area contributed by atoms with Crippen molar-refractivity contribution >= 4 is 23.3 Å². The van der Waals surface area contributed by atoms with Gasteiger partial charge < -0.3 is 15.5 Å². The fourth-order valence-corrected chi connectivity index (χ4v) is 2.92. The molecule has 5 nitrogen and oxygen atoms in total. The van der Waals surface area contributed by atoms with E-state index in [2.05, 4.69) is 10.6 Å². The van der Waals surface area contributed by atoms with Crippen LogP contribution in [0.5, 0.6) is 0 Å². The molecule has 25 heavy (non-hydrogen) atoms. The highest BCUT2D eigenvalue weighted by Gasteiger charge is 2.33. The summed E-state index contributed by atoms with van der Waals surface area (Å²) in [5.74, 6) is -0.493. The molecule has 0 bridgehead atoms. The number of carbonyl (C=O) groups excluding carboxylic acids is 2. The first-order valence-electron chi connectivity index (χ1n) is 8.16. The van der Waals surface area contributed by atoms with Gasteiger partial charge >= 0.3 is 6.03 Å².